The van der Waals surface area contributed by atoms with Crippen LogP contribution in [0.1, 0.15) is 37.2 Å². The lowest BCUT2D eigenvalue weighted by Crippen LogP contribution is -2.48. The second-order valence-corrected chi connectivity index (χ2v) is 6.26. The van der Waals surface area contributed by atoms with Crippen LogP contribution in [0.5, 0.6) is 0 Å². The van der Waals surface area contributed by atoms with E-state index in [0.717, 1.165) is 25.4 Å². The van der Waals surface area contributed by atoms with Crippen LogP contribution in [0.3, 0.4) is 0 Å². The minimum Gasteiger partial charge on any atom is -0.327 e. The average Bonchev–Trinajstić information content (AvgIpc) is 2.34. The molecule has 2 nitrogen and oxygen atoms in total. The first kappa shape index (κ1) is 13.1. The number of hydrogen-bond acceptors (Lipinski definition) is 2. The molecular formula is C16H23FN2. The fraction of sp³-hybridized carbons (Fsp3) is 0.625. The van der Waals surface area contributed by atoms with Crippen LogP contribution in [0.25, 0.3) is 0 Å². The summed E-state index contributed by atoms with van der Waals surface area (Å²) in [6.07, 6.45) is 5.18. The summed E-state index contributed by atoms with van der Waals surface area (Å²) in [6, 6.07) is 7.21. The summed E-state index contributed by atoms with van der Waals surface area (Å²) in [5.74, 6) is 1.19. The first-order chi connectivity index (χ1) is 9.20. The van der Waals surface area contributed by atoms with Crippen molar-refractivity contribution >= 4 is 0 Å². The fourth-order valence-electron chi connectivity index (χ4n) is 3.40. The summed E-state index contributed by atoms with van der Waals surface area (Å²) in [5, 5.41) is 0. The molecule has 2 aliphatic rings. The average molecular weight is 262 g/mol. The third-order valence-corrected chi connectivity index (χ3v) is 4.64. The molecule has 1 aliphatic carbocycles. The summed E-state index contributed by atoms with van der Waals surface area (Å²) in [4.78, 5) is 2.52. The lowest BCUT2D eigenvalue weighted by Gasteiger charge is -2.40. The lowest BCUT2D eigenvalue weighted by atomic mass is 9.83. The predicted molar refractivity (Wildman–Crippen MR) is 75.5 cm³/mol. The van der Waals surface area contributed by atoms with Gasteiger partial charge in [-0.15, -0.1) is 0 Å². The number of hydrogen-bond donors (Lipinski definition) is 1. The molecule has 1 aromatic carbocycles. The number of nitrogens with zero attached hydrogens (tertiary/aromatic N) is 1. The fourth-order valence-corrected chi connectivity index (χ4v) is 3.40. The minimum absolute atomic E-state index is 0.157. The van der Waals surface area contributed by atoms with Crippen LogP contribution in [-0.2, 0) is 0 Å². The highest BCUT2D eigenvalue weighted by Gasteiger charge is 2.29. The van der Waals surface area contributed by atoms with E-state index in [4.69, 9.17) is 5.73 Å². The molecule has 2 unspecified atom stereocenters. The van der Waals surface area contributed by atoms with Gasteiger partial charge in [0.05, 0.1) is 0 Å². The van der Waals surface area contributed by atoms with Gasteiger partial charge in [0.15, 0.2) is 0 Å². The molecule has 3 heteroatoms. The molecule has 3 rings (SSSR count). The molecule has 2 atom stereocenters. The number of nitrogens with two attached hydrogens (primary N) is 1. The smallest absolute Gasteiger partial charge is 0.123 e. The summed E-state index contributed by atoms with van der Waals surface area (Å²) in [5.41, 5.74) is 7.43. The van der Waals surface area contributed by atoms with Crippen LogP contribution >= 0.6 is 0 Å². The van der Waals surface area contributed by atoms with E-state index in [9.17, 15) is 4.39 Å². The Morgan fingerprint density at radius 2 is 1.89 bits per heavy atom. The number of halogens is 1. The molecule has 0 amide bonds. The van der Waals surface area contributed by atoms with Gasteiger partial charge in [0.1, 0.15) is 5.82 Å². The van der Waals surface area contributed by atoms with Crippen molar-refractivity contribution in [2.45, 2.75) is 37.6 Å². The second kappa shape index (κ2) is 5.59. The summed E-state index contributed by atoms with van der Waals surface area (Å²) in [7, 11) is 0. The molecule has 1 saturated carbocycles. The van der Waals surface area contributed by atoms with E-state index in [1.165, 1.54) is 31.4 Å². The van der Waals surface area contributed by atoms with Crippen LogP contribution < -0.4 is 5.73 Å². The van der Waals surface area contributed by atoms with Gasteiger partial charge >= 0.3 is 0 Å². The Morgan fingerprint density at radius 3 is 2.53 bits per heavy atom. The predicted octanol–water partition coefficient (Wildman–Crippen LogP) is 2.74. The summed E-state index contributed by atoms with van der Waals surface area (Å²) < 4.78 is 13.0. The van der Waals surface area contributed by atoms with Crippen molar-refractivity contribution in [2.75, 3.05) is 19.6 Å². The molecule has 1 aromatic rings. The van der Waals surface area contributed by atoms with E-state index < -0.39 is 0 Å². The highest BCUT2D eigenvalue weighted by molar-refractivity contribution is 5.22. The topological polar surface area (TPSA) is 29.3 Å². The van der Waals surface area contributed by atoms with Gasteiger partial charge in [-0.3, -0.25) is 0 Å². The van der Waals surface area contributed by atoms with Gasteiger partial charge in [0.25, 0.3) is 0 Å². The van der Waals surface area contributed by atoms with E-state index in [1.807, 2.05) is 12.1 Å². The highest BCUT2D eigenvalue weighted by atomic mass is 19.1. The number of rotatable bonds is 3. The largest absolute Gasteiger partial charge is 0.327 e. The standard InChI is InChI=1S/C16H23FN2/c17-15-6-4-13(5-7-15)14-8-16(18)11-19(10-14)9-12-2-1-3-12/h4-7,12,14,16H,1-3,8-11,18H2. The molecule has 2 N–H and O–H groups in total. The highest BCUT2D eigenvalue weighted by Crippen LogP contribution is 2.31. The molecule has 1 heterocycles. The summed E-state index contributed by atoms with van der Waals surface area (Å²) >= 11 is 0. The van der Waals surface area contributed by atoms with Gasteiger partial charge < -0.3 is 10.6 Å². The minimum atomic E-state index is -0.157. The van der Waals surface area contributed by atoms with Gasteiger partial charge in [-0.2, -0.15) is 0 Å². The Labute approximate surface area is 114 Å². The Balaban J connectivity index is 1.65. The normalized spacial score (nSPS) is 29.2. The monoisotopic (exact) mass is 262 g/mol. The maximum absolute atomic E-state index is 13.0. The molecule has 0 radical (unpaired) electrons. The first-order valence-electron chi connectivity index (χ1n) is 7.44. The molecule has 104 valence electrons. The van der Waals surface area contributed by atoms with Crippen LogP contribution in [0.2, 0.25) is 0 Å². The third-order valence-electron chi connectivity index (χ3n) is 4.64. The van der Waals surface area contributed by atoms with E-state index >= 15 is 0 Å². The molecule has 1 saturated heterocycles. The Morgan fingerprint density at radius 1 is 1.16 bits per heavy atom. The third kappa shape index (κ3) is 3.15. The Hall–Kier alpha value is -0.930. The zero-order valence-electron chi connectivity index (χ0n) is 11.4. The van der Waals surface area contributed by atoms with E-state index in [-0.39, 0.29) is 11.9 Å². The number of benzene rings is 1. The van der Waals surface area contributed by atoms with E-state index in [2.05, 4.69) is 4.90 Å². The van der Waals surface area contributed by atoms with Crippen molar-refractivity contribution in [3.63, 3.8) is 0 Å². The van der Waals surface area contributed by atoms with E-state index in [1.54, 1.807) is 12.1 Å². The second-order valence-electron chi connectivity index (χ2n) is 6.26. The lowest BCUT2D eigenvalue weighted by molar-refractivity contribution is 0.133. The van der Waals surface area contributed by atoms with Gasteiger partial charge in [-0.1, -0.05) is 18.6 Å². The van der Waals surface area contributed by atoms with Gasteiger partial charge in [0.2, 0.25) is 0 Å². The van der Waals surface area contributed by atoms with Gasteiger partial charge in [-0.05, 0) is 48.8 Å². The molecule has 1 aliphatic heterocycles. The molecule has 0 spiro atoms. The van der Waals surface area contributed by atoms with Crippen LogP contribution in [0.15, 0.2) is 24.3 Å². The molecular weight excluding hydrogens is 239 g/mol. The SMILES string of the molecule is NC1CC(c2ccc(F)cc2)CN(CC2CCC2)C1. The molecule has 0 aromatic heterocycles. The van der Waals surface area contributed by atoms with Crippen molar-refractivity contribution in [2.24, 2.45) is 11.7 Å². The van der Waals surface area contributed by atoms with Crippen LogP contribution in [0.4, 0.5) is 4.39 Å². The van der Waals surface area contributed by atoms with Crippen molar-refractivity contribution in [3.05, 3.63) is 35.6 Å². The molecule has 2 fully saturated rings. The Kier molecular flexibility index (Phi) is 3.85. The van der Waals surface area contributed by atoms with Crippen LogP contribution in [0, 0.1) is 11.7 Å². The van der Waals surface area contributed by atoms with Gasteiger partial charge in [-0.25, -0.2) is 4.39 Å². The quantitative estimate of drug-likeness (QED) is 0.907. The maximum atomic E-state index is 13.0. The van der Waals surface area contributed by atoms with Crippen molar-refractivity contribution in [1.82, 2.24) is 4.90 Å². The van der Waals surface area contributed by atoms with Crippen molar-refractivity contribution in [1.29, 1.82) is 0 Å². The number of piperidine rings is 1. The summed E-state index contributed by atoms with van der Waals surface area (Å²) in [6.45, 7) is 3.30. The maximum Gasteiger partial charge on any atom is 0.123 e. The van der Waals surface area contributed by atoms with Crippen LogP contribution in [-0.4, -0.2) is 30.6 Å². The zero-order valence-corrected chi connectivity index (χ0v) is 11.4. The molecule has 0 bridgehead atoms. The number of likely N-dealkylation sites (tertiary alicyclic amines) is 1. The zero-order chi connectivity index (χ0) is 13.2. The van der Waals surface area contributed by atoms with E-state index in [0.29, 0.717) is 5.92 Å². The van der Waals surface area contributed by atoms with Gasteiger partial charge in [0, 0.05) is 25.7 Å². The van der Waals surface area contributed by atoms with Crippen molar-refractivity contribution in [3.8, 4) is 0 Å². The Bertz CT molecular complexity index is 413. The molecule has 19 heavy (non-hydrogen) atoms. The first-order valence-corrected chi connectivity index (χ1v) is 7.44. The van der Waals surface area contributed by atoms with Crippen molar-refractivity contribution < 1.29 is 4.39 Å².